The molecule has 0 saturated carbocycles. The number of aryl methyl sites for hydroxylation is 1. The Morgan fingerprint density at radius 1 is 1.39 bits per heavy atom. The van der Waals surface area contributed by atoms with Gasteiger partial charge in [0.2, 0.25) is 5.75 Å². The molecule has 94 valence electrons. The fraction of sp³-hybridized carbons (Fsp3) is 0.286. The van der Waals surface area contributed by atoms with Crippen molar-refractivity contribution in [1.29, 1.82) is 0 Å². The van der Waals surface area contributed by atoms with Gasteiger partial charge < -0.3 is 4.74 Å². The van der Waals surface area contributed by atoms with E-state index in [1.165, 1.54) is 6.07 Å². The van der Waals surface area contributed by atoms with Gasteiger partial charge in [0.25, 0.3) is 0 Å². The molecule has 1 aliphatic carbocycles. The number of nitrogens with zero attached hydrogens (tertiary/aromatic N) is 1. The third kappa shape index (κ3) is 2.77. The van der Waals surface area contributed by atoms with E-state index in [1.807, 2.05) is 25.2 Å². The van der Waals surface area contributed by atoms with Crippen molar-refractivity contribution in [2.75, 3.05) is 0 Å². The molecule has 0 heterocycles. The lowest BCUT2D eigenvalue weighted by Crippen LogP contribution is -2.00. The molecular weight excluding hydrogens is 230 g/mol. The summed E-state index contributed by atoms with van der Waals surface area (Å²) in [5, 5.41) is 11.0. The normalized spacial score (nSPS) is 14.2. The van der Waals surface area contributed by atoms with Crippen LogP contribution >= 0.6 is 0 Å². The van der Waals surface area contributed by atoms with Crippen molar-refractivity contribution in [1.82, 2.24) is 0 Å². The molecule has 0 fully saturated rings. The summed E-state index contributed by atoms with van der Waals surface area (Å²) in [5.41, 5.74) is 1.03. The first kappa shape index (κ1) is 12.4. The molecule has 0 spiro atoms. The van der Waals surface area contributed by atoms with Crippen LogP contribution in [0.1, 0.15) is 25.3 Å². The van der Waals surface area contributed by atoms with Crippen LogP contribution in [0.5, 0.6) is 5.75 Å². The standard InChI is InChI=1S/C14H15NO3/c1-2-11-8-9-13(15(16)17)14(10-11)18-12-6-4-3-5-7-12/h4,6-10H,2-3,5H2,1H3. The zero-order chi connectivity index (χ0) is 13.0. The molecule has 1 aromatic carbocycles. The lowest BCUT2D eigenvalue weighted by molar-refractivity contribution is -0.385. The number of hydrogen-bond donors (Lipinski definition) is 0. The molecule has 1 aliphatic rings. The van der Waals surface area contributed by atoms with Crippen LogP contribution in [0.2, 0.25) is 0 Å². The lowest BCUT2D eigenvalue weighted by Gasteiger charge is -2.10. The predicted octanol–water partition coefficient (Wildman–Crippen LogP) is 3.77. The molecule has 0 saturated heterocycles. The summed E-state index contributed by atoms with van der Waals surface area (Å²) >= 11 is 0. The molecule has 0 aromatic heterocycles. The number of allylic oxidation sites excluding steroid dienone is 3. The molecule has 0 amide bonds. The fourth-order valence-corrected chi connectivity index (χ4v) is 1.80. The highest BCUT2D eigenvalue weighted by atomic mass is 16.6. The molecule has 0 atom stereocenters. The number of nitro groups is 1. The van der Waals surface area contributed by atoms with Crippen LogP contribution in [0.15, 0.2) is 42.2 Å². The Balaban J connectivity index is 2.31. The summed E-state index contributed by atoms with van der Waals surface area (Å²) in [6, 6.07) is 5.00. The topological polar surface area (TPSA) is 52.4 Å². The average molecular weight is 245 g/mol. The number of nitro benzene ring substituents is 1. The first-order valence-electron chi connectivity index (χ1n) is 6.02. The highest BCUT2D eigenvalue weighted by molar-refractivity contribution is 5.49. The van der Waals surface area contributed by atoms with Gasteiger partial charge in [0, 0.05) is 6.07 Å². The summed E-state index contributed by atoms with van der Waals surface area (Å²) in [7, 11) is 0. The van der Waals surface area contributed by atoms with Crippen molar-refractivity contribution in [3.8, 4) is 5.75 Å². The predicted molar refractivity (Wildman–Crippen MR) is 69.6 cm³/mol. The van der Waals surface area contributed by atoms with Gasteiger partial charge in [-0.25, -0.2) is 0 Å². The van der Waals surface area contributed by atoms with Gasteiger partial charge in [-0.05, 0) is 43.0 Å². The van der Waals surface area contributed by atoms with Gasteiger partial charge in [-0.15, -0.1) is 0 Å². The molecular formula is C14H15NO3. The quantitative estimate of drug-likeness (QED) is 0.599. The molecule has 1 aromatic rings. The Hall–Kier alpha value is -2.10. The second-order valence-corrected chi connectivity index (χ2v) is 4.10. The Morgan fingerprint density at radius 2 is 2.22 bits per heavy atom. The number of ether oxygens (including phenoxy) is 1. The molecule has 4 heteroatoms. The van der Waals surface area contributed by atoms with E-state index in [-0.39, 0.29) is 5.69 Å². The molecule has 0 aliphatic heterocycles. The summed E-state index contributed by atoms with van der Waals surface area (Å²) in [6.07, 6.45) is 8.53. The highest BCUT2D eigenvalue weighted by Gasteiger charge is 2.16. The molecule has 4 nitrogen and oxygen atoms in total. The van der Waals surface area contributed by atoms with Gasteiger partial charge in [0.15, 0.2) is 0 Å². The second-order valence-electron chi connectivity index (χ2n) is 4.10. The summed E-state index contributed by atoms with van der Waals surface area (Å²) in [5.74, 6) is 0.995. The minimum atomic E-state index is -0.415. The van der Waals surface area contributed by atoms with Gasteiger partial charge in [-0.2, -0.15) is 0 Å². The van der Waals surface area contributed by atoms with Crippen LogP contribution in [0.25, 0.3) is 0 Å². The zero-order valence-corrected chi connectivity index (χ0v) is 10.3. The average Bonchev–Trinajstić information content (AvgIpc) is 2.39. The largest absolute Gasteiger partial charge is 0.450 e. The van der Waals surface area contributed by atoms with Crippen molar-refractivity contribution < 1.29 is 9.66 Å². The molecule has 0 bridgehead atoms. The highest BCUT2D eigenvalue weighted by Crippen LogP contribution is 2.30. The van der Waals surface area contributed by atoms with E-state index in [2.05, 4.69) is 0 Å². The third-order valence-electron chi connectivity index (χ3n) is 2.82. The summed E-state index contributed by atoms with van der Waals surface area (Å²) < 4.78 is 5.62. The van der Waals surface area contributed by atoms with E-state index in [4.69, 9.17) is 4.74 Å². The van der Waals surface area contributed by atoms with Crippen molar-refractivity contribution in [2.24, 2.45) is 0 Å². The van der Waals surface area contributed by atoms with Gasteiger partial charge >= 0.3 is 5.69 Å². The minimum absolute atomic E-state index is 0.00655. The van der Waals surface area contributed by atoms with Crippen LogP contribution in [0.3, 0.4) is 0 Å². The van der Waals surface area contributed by atoms with Crippen LogP contribution in [-0.2, 0) is 6.42 Å². The van der Waals surface area contributed by atoms with Gasteiger partial charge in [0.05, 0.1) is 4.92 Å². The van der Waals surface area contributed by atoms with Crippen molar-refractivity contribution in [2.45, 2.75) is 26.2 Å². The maximum atomic E-state index is 11.0. The van der Waals surface area contributed by atoms with Gasteiger partial charge in [-0.1, -0.05) is 19.1 Å². The van der Waals surface area contributed by atoms with Crippen molar-refractivity contribution >= 4 is 5.69 Å². The van der Waals surface area contributed by atoms with E-state index >= 15 is 0 Å². The molecule has 0 N–H and O–H groups in total. The Bertz CT molecular complexity index is 518. The minimum Gasteiger partial charge on any atom is -0.450 e. The summed E-state index contributed by atoms with van der Waals surface area (Å²) in [4.78, 5) is 10.5. The van der Waals surface area contributed by atoms with Crippen LogP contribution in [-0.4, -0.2) is 4.92 Å². The number of rotatable bonds is 4. The van der Waals surface area contributed by atoms with Crippen LogP contribution < -0.4 is 4.74 Å². The Morgan fingerprint density at radius 3 is 2.83 bits per heavy atom. The number of hydrogen-bond acceptors (Lipinski definition) is 3. The number of benzene rings is 1. The van der Waals surface area contributed by atoms with Gasteiger partial charge in [0.1, 0.15) is 5.76 Å². The van der Waals surface area contributed by atoms with Crippen molar-refractivity contribution in [3.63, 3.8) is 0 Å². The smallest absolute Gasteiger partial charge is 0.311 e. The lowest BCUT2D eigenvalue weighted by atomic mass is 10.1. The van der Waals surface area contributed by atoms with Crippen molar-refractivity contribution in [3.05, 3.63) is 57.9 Å². The van der Waals surface area contributed by atoms with Gasteiger partial charge in [-0.3, -0.25) is 10.1 Å². The van der Waals surface area contributed by atoms with Crippen LogP contribution in [0, 0.1) is 10.1 Å². The van der Waals surface area contributed by atoms with E-state index in [0.29, 0.717) is 11.5 Å². The van der Waals surface area contributed by atoms with Crippen LogP contribution in [0.4, 0.5) is 5.69 Å². The molecule has 18 heavy (non-hydrogen) atoms. The Labute approximate surface area is 106 Å². The first-order chi connectivity index (χ1) is 8.70. The first-order valence-corrected chi connectivity index (χ1v) is 6.02. The van der Waals surface area contributed by atoms with E-state index in [0.717, 1.165) is 24.8 Å². The molecule has 0 unspecified atom stereocenters. The third-order valence-corrected chi connectivity index (χ3v) is 2.82. The molecule has 2 rings (SSSR count). The maximum Gasteiger partial charge on any atom is 0.311 e. The SMILES string of the molecule is CCc1ccc([N+](=O)[O-])c(OC2=CCCC=C2)c1. The zero-order valence-electron chi connectivity index (χ0n) is 10.3. The monoisotopic (exact) mass is 245 g/mol. The second kappa shape index (κ2) is 5.49. The van der Waals surface area contributed by atoms with E-state index in [1.54, 1.807) is 12.1 Å². The van der Waals surface area contributed by atoms with E-state index in [9.17, 15) is 10.1 Å². The van der Waals surface area contributed by atoms with E-state index < -0.39 is 4.92 Å². The molecule has 0 radical (unpaired) electrons. The summed E-state index contributed by atoms with van der Waals surface area (Å²) in [6.45, 7) is 2.00. The Kier molecular flexibility index (Phi) is 3.77. The fourth-order valence-electron chi connectivity index (χ4n) is 1.80. The maximum absolute atomic E-state index is 11.0.